The first-order valence-electron chi connectivity index (χ1n) is 16.8. The maximum Gasteiger partial charge on any atom is 0.410 e. The van der Waals surface area contributed by atoms with E-state index in [1.54, 1.807) is 36.1 Å². The second-order valence-corrected chi connectivity index (χ2v) is 12.2. The van der Waals surface area contributed by atoms with Crippen LogP contribution in [0.3, 0.4) is 0 Å². The number of aromatic hydroxyl groups is 1. The molecule has 6 atom stereocenters. The number of allylic oxidation sites excluding steroid dienone is 1. The van der Waals surface area contributed by atoms with Crippen LogP contribution in [-0.2, 0) is 19.0 Å². The number of hydrogen-bond acceptors (Lipinski definition) is 11. The molecule has 0 aromatic heterocycles. The van der Waals surface area contributed by atoms with Crippen molar-refractivity contribution in [2.75, 3.05) is 59.9 Å². The fourth-order valence-corrected chi connectivity index (χ4v) is 7.68. The molecule has 1 aromatic rings. The molecule has 262 valence electrons. The number of hydrogen-bond donors (Lipinski definition) is 4. The van der Waals surface area contributed by atoms with Crippen LogP contribution < -0.4 is 4.74 Å². The summed E-state index contributed by atoms with van der Waals surface area (Å²) in [5, 5.41) is 43.9. The minimum Gasteiger partial charge on any atom is -0.508 e. The van der Waals surface area contributed by atoms with E-state index in [-0.39, 0.29) is 82.7 Å². The van der Waals surface area contributed by atoms with Crippen LogP contribution in [-0.4, -0.2) is 109 Å². The summed E-state index contributed by atoms with van der Waals surface area (Å²) in [5.74, 6) is -1.32. The Kier molecular flexibility index (Phi) is 13.9. The molecule has 12 heteroatoms. The lowest BCUT2D eigenvalue weighted by Gasteiger charge is -2.59. The smallest absolute Gasteiger partial charge is 0.410 e. The Hall–Kier alpha value is -3.16. The van der Waals surface area contributed by atoms with Crippen molar-refractivity contribution in [1.29, 1.82) is 0 Å². The van der Waals surface area contributed by atoms with Gasteiger partial charge in [-0.15, -0.1) is 6.58 Å². The number of ether oxygens (including phenoxy) is 4. The number of nitrogens with zero attached hydrogens (tertiary/aromatic N) is 2. The standard InChI is InChI=1S/C35H52N2O10/c1-4-18-46-35-31(37(34(42)45-5-2)14-19-44-20-17-40)23-29(36-43-3)27-21-24(10-6-8-15-38)26(11-7-9-16-39)32(33(27)35)28-22-25(41)12-13-30(28)47-35/h4,12-13,21-22,24,26,31-33,38-41H,1,5-11,14-20,23H2,2-3H3. The zero-order valence-corrected chi connectivity index (χ0v) is 27.7. The van der Waals surface area contributed by atoms with Crippen molar-refractivity contribution in [2.24, 2.45) is 22.9 Å². The molecule has 6 unspecified atom stereocenters. The molecule has 1 saturated carbocycles. The van der Waals surface area contributed by atoms with Gasteiger partial charge >= 0.3 is 6.09 Å². The molecule has 0 radical (unpaired) electrons. The molecule has 3 aliphatic rings. The summed E-state index contributed by atoms with van der Waals surface area (Å²) in [7, 11) is 1.49. The van der Waals surface area contributed by atoms with Crippen LogP contribution >= 0.6 is 0 Å². The molecular weight excluding hydrogens is 608 g/mol. The third kappa shape index (κ3) is 8.11. The summed E-state index contributed by atoms with van der Waals surface area (Å²) >= 11 is 0. The lowest BCUT2D eigenvalue weighted by atomic mass is 9.55. The van der Waals surface area contributed by atoms with Gasteiger partial charge in [0.05, 0.1) is 44.7 Å². The van der Waals surface area contributed by atoms with Crippen LogP contribution in [0.5, 0.6) is 11.5 Å². The zero-order chi connectivity index (χ0) is 33.8. The average Bonchev–Trinajstić information content (AvgIpc) is 3.06. The van der Waals surface area contributed by atoms with Crippen LogP contribution in [0.15, 0.2) is 47.7 Å². The number of carbonyl (C=O) groups is 1. The first-order valence-corrected chi connectivity index (χ1v) is 16.8. The fraction of sp³-hybridized carbons (Fsp3) is 0.657. The Morgan fingerprint density at radius 1 is 1.13 bits per heavy atom. The molecule has 0 saturated heterocycles. The Morgan fingerprint density at radius 3 is 2.57 bits per heavy atom. The van der Waals surface area contributed by atoms with Crippen molar-refractivity contribution in [2.45, 2.75) is 69.6 Å². The Morgan fingerprint density at radius 2 is 1.89 bits per heavy atom. The highest BCUT2D eigenvalue weighted by molar-refractivity contribution is 6.02. The van der Waals surface area contributed by atoms with Gasteiger partial charge in [0.1, 0.15) is 24.7 Å². The second kappa shape index (κ2) is 17.8. The van der Waals surface area contributed by atoms with Crippen LogP contribution in [0, 0.1) is 17.8 Å². The van der Waals surface area contributed by atoms with E-state index in [1.165, 1.54) is 7.11 Å². The predicted octanol–water partition coefficient (Wildman–Crippen LogP) is 4.12. The summed E-state index contributed by atoms with van der Waals surface area (Å²) in [6.45, 7) is 6.37. The molecule has 1 heterocycles. The number of amides is 1. The number of fused-ring (bicyclic) bond motifs is 2. The largest absolute Gasteiger partial charge is 0.508 e. The van der Waals surface area contributed by atoms with Crippen molar-refractivity contribution in [1.82, 2.24) is 4.90 Å². The summed E-state index contributed by atoms with van der Waals surface area (Å²) in [6, 6.07) is 4.34. The van der Waals surface area contributed by atoms with E-state index in [9.17, 15) is 25.2 Å². The van der Waals surface area contributed by atoms with Crippen LogP contribution in [0.4, 0.5) is 4.79 Å². The average molecular weight is 661 g/mol. The van der Waals surface area contributed by atoms with Gasteiger partial charge in [0.2, 0.25) is 5.79 Å². The lowest BCUT2D eigenvalue weighted by molar-refractivity contribution is -0.256. The number of rotatable bonds is 19. The van der Waals surface area contributed by atoms with Crippen molar-refractivity contribution in [3.05, 3.63) is 48.1 Å². The number of carbonyl (C=O) groups excluding carboxylic acids is 1. The highest BCUT2D eigenvalue weighted by Gasteiger charge is 2.65. The summed E-state index contributed by atoms with van der Waals surface area (Å²) in [5.41, 5.74) is 2.40. The van der Waals surface area contributed by atoms with E-state index in [0.29, 0.717) is 24.3 Å². The fourth-order valence-electron chi connectivity index (χ4n) is 7.68. The van der Waals surface area contributed by atoms with Crippen molar-refractivity contribution >= 4 is 11.8 Å². The molecule has 1 aliphatic heterocycles. The highest BCUT2D eigenvalue weighted by atomic mass is 16.7. The van der Waals surface area contributed by atoms with E-state index in [0.717, 1.165) is 36.8 Å². The normalized spacial score (nSPS) is 26.9. The van der Waals surface area contributed by atoms with Gasteiger partial charge in [-0.25, -0.2) is 4.79 Å². The number of phenolic OH excluding ortho intramolecular Hbond substituents is 1. The molecule has 47 heavy (non-hydrogen) atoms. The van der Waals surface area contributed by atoms with Crippen molar-refractivity contribution < 1.29 is 49.0 Å². The lowest BCUT2D eigenvalue weighted by Crippen LogP contribution is -2.70. The van der Waals surface area contributed by atoms with Crippen LogP contribution in [0.25, 0.3) is 0 Å². The minimum atomic E-state index is -1.42. The SMILES string of the molecule is C=CCOC12Oc3ccc(O)cc3C3C(CCCCO)C(CCCCO)C=C(C(=NOC)CC1N(CCOCCO)C(=O)OCC)C32. The Balaban J connectivity index is 1.98. The maximum absolute atomic E-state index is 13.7. The van der Waals surface area contributed by atoms with Gasteiger partial charge in [-0.05, 0) is 68.2 Å². The second-order valence-electron chi connectivity index (χ2n) is 12.2. The first kappa shape index (κ1) is 36.7. The first-order chi connectivity index (χ1) is 22.9. The van der Waals surface area contributed by atoms with E-state index in [4.69, 9.17) is 23.8 Å². The van der Waals surface area contributed by atoms with Crippen molar-refractivity contribution in [3.8, 4) is 11.5 Å². The molecule has 4 rings (SSSR count). The number of benzene rings is 1. The van der Waals surface area contributed by atoms with Gasteiger partial charge in [0.15, 0.2) is 0 Å². The van der Waals surface area contributed by atoms with E-state index in [1.807, 2.05) is 0 Å². The topological polar surface area (TPSA) is 160 Å². The number of oxime groups is 1. The molecule has 4 N–H and O–H groups in total. The number of phenols is 1. The third-order valence-electron chi connectivity index (χ3n) is 9.45. The van der Waals surface area contributed by atoms with Gasteiger partial charge in [-0.2, -0.15) is 0 Å². The summed E-state index contributed by atoms with van der Waals surface area (Å²) < 4.78 is 24.9. The number of aliphatic hydroxyl groups is 3. The minimum absolute atomic E-state index is 0.0524. The van der Waals surface area contributed by atoms with Crippen LogP contribution in [0.1, 0.15) is 63.4 Å². The summed E-state index contributed by atoms with van der Waals surface area (Å²) in [6.07, 6.45) is 8.12. The van der Waals surface area contributed by atoms with Gasteiger partial charge in [0, 0.05) is 37.7 Å². The van der Waals surface area contributed by atoms with E-state index in [2.05, 4.69) is 17.8 Å². The molecule has 0 spiro atoms. The zero-order valence-electron chi connectivity index (χ0n) is 27.7. The number of unbranched alkanes of at least 4 members (excludes halogenated alkanes) is 2. The Labute approximate surface area is 277 Å². The molecule has 2 aliphatic carbocycles. The van der Waals surface area contributed by atoms with Crippen LogP contribution in [0.2, 0.25) is 0 Å². The number of aliphatic hydroxyl groups excluding tert-OH is 3. The van der Waals surface area contributed by atoms with Gasteiger partial charge in [-0.1, -0.05) is 30.1 Å². The quantitative estimate of drug-likeness (QED) is 0.0966. The molecule has 1 fully saturated rings. The molecule has 1 amide bonds. The van der Waals surface area contributed by atoms with Crippen molar-refractivity contribution in [3.63, 3.8) is 0 Å². The maximum atomic E-state index is 13.7. The molecule has 1 aromatic carbocycles. The predicted molar refractivity (Wildman–Crippen MR) is 175 cm³/mol. The third-order valence-corrected chi connectivity index (χ3v) is 9.45. The molecular formula is C35H52N2O10. The van der Waals surface area contributed by atoms with Gasteiger partial charge in [0.25, 0.3) is 0 Å². The van der Waals surface area contributed by atoms with Gasteiger partial charge in [-0.3, -0.25) is 4.90 Å². The van der Waals surface area contributed by atoms with E-state index < -0.39 is 23.8 Å². The Bertz CT molecular complexity index is 1240. The van der Waals surface area contributed by atoms with Gasteiger partial charge < -0.3 is 44.2 Å². The molecule has 12 nitrogen and oxygen atoms in total. The monoisotopic (exact) mass is 660 g/mol. The highest BCUT2D eigenvalue weighted by Crippen LogP contribution is 2.61. The van der Waals surface area contributed by atoms with E-state index >= 15 is 0 Å². The molecule has 0 bridgehead atoms. The summed E-state index contributed by atoms with van der Waals surface area (Å²) in [4.78, 5) is 20.7.